The molecule has 0 fully saturated rings. The first kappa shape index (κ1) is 13.0. The predicted octanol–water partition coefficient (Wildman–Crippen LogP) is 2.45. The van der Waals surface area contributed by atoms with E-state index in [1.807, 2.05) is 24.3 Å². The lowest BCUT2D eigenvalue weighted by molar-refractivity contribution is 0.314. The highest BCUT2D eigenvalue weighted by atomic mass is 79.9. The maximum Gasteiger partial charge on any atom is 0.220 e. The monoisotopic (exact) mass is 306 g/mol. The van der Waals surface area contributed by atoms with E-state index >= 15 is 0 Å². The second-order valence-electron chi connectivity index (χ2n) is 4.17. The van der Waals surface area contributed by atoms with E-state index in [9.17, 15) is 0 Å². The Kier molecular flexibility index (Phi) is 4.28. The van der Waals surface area contributed by atoms with Crippen LogP contribution in [-0.4, -0.2) is 21.9 Å². The van der Waals surface area contributed by atoms with Crippen LogP contribution < -0.4 is 5.73 Å². The van der Waals surface area contributed by atoms with Gasteiger partial charge in [-0.05, 0) is 24.7 Å². The molecule has 0 amide bonds. The van der Waals surface area contributed by atoms with Crippen LogP contribution in [0.4, 0.5) is 5.95 Å². The van der Waals surface area contributed by atoms with E-state index in [1.54, 1.807) is 6.20 Å². The average molecular weight is 307 g/mol. The second kappa shape index (κ2) is 5.93. The Morgan fingerprint density at radius 1 is 1.22 bits per heavy atom. The van der Waals surface area contributed by atoms with Crippen LogP contribution in [0.3, 0.4) is 0 Å². The molecule has 2 N–H and O–H groups in total. The third kappa shape index (κ3) is 3.51. The number of hydrogen-bond acceptors (Lipinski definition) is 4. The zero-order valence-corrected chi connectivity index (χ0v) is 11.8. The lowest BCUT2D eigenvalue weighted by atomic mass is 10.2. The summed E-state index contributed by atoms with van der Waals surface area (Å²) in [5.74, 6) is 0.321. The molecule has 94 valence electrons. The van der Waals surface area contributed by atoms with Gasteiger partial charge in [-0.1, -0.05) is 34.1 Å². The first-order valence-corrected chi connectivity index (χ1v) is 6.44. The number of hydrogen-bond donors (Lipinski definition) is 1. The first-order chi connectivity index (χ1) is 8.65. The third-order valence-corrected chi connectivity index (χ3v) is 3.34. The molecule has 4 nitrogen and oxygen atoms in total. The maximum absolute atomic E-state index is 5.56. The number of nitrogen functional groups attached to an aromatic ring is 1. The molecular formula is C13H15BrN4. The molecule has 0 aliphatic rings. The van der Waals surface area contributed by atoms with Crippen molar-refractivity contribution in [1.82, 2.24) is 14.9 Å². The number of benzene rings is 1. The van der Waals surface area contributed by atoms with Crippen molar-refractivity contribution in [3.8, 4) is 0 Å². The Morgan fingerprint density at radius 3 is 2.72 bits per heavy atom. The molecule has 0 atom stereocenters. The van der Waals surface area contributed by atoms with Crippen molar-refractivity contribution in [2.75, 3.05) is 12.8 Å². The van der Waals surface area contributed by atoms with Gasteiger partial charge in [-0.2, -0.15) is 0 Å². The normalized spacial score (nSPS) is 10.8. The fourth-order valence-corrected chi connectivity index (χ4v) is 2.16. The average Bonchev–Trinajstić information content (AvgIpc) is 2.32. The summed E-state index contributed by atoms with van der Waals surface area (Å²) in [6.07, 6.45) is 1.68. The summed E-state index contributed by atoms with van der Waals surface area (Å²) in [7, 11) is 2.05. The van der Waals surface area contributed by atoms with E-state index in [1.165, 1.54) is 5.56 Å². The van der Waals surface area contributed by atoms with Crippen LogP contribution in [0.5, 0.6) is 0 Å². The summed E-state index contributed by atoms with van der Waals surface area (Å²) in [5, 5.41) is 0. The Balaban J connectivity index is 2.01. The van der Waals surface area contributed by atoms with E-state index in [2.05, 4.69) is 43.9 Å². The standard InChI is InChI=1S/C13H15BrN4/c1-18(8-10-4-2-3-5-12(10)14)9-11-6-7-16-13(15)17-11/h2-7H,8-9H2,1H3,(H2,15,16,17). The van der Waals surface area contributed by atoms with Crippen LogP contribution in [0.15, 0.2) is 41.0 Å². The number of nitrogens with zero attached hydrogens (tertiary/aromatic N) is 3. The molecule has 0 aliphatic carbocycles. The smallest absolute Gasteiger partial charge is 0.220 e. The van der Waals surface area contributed by atoms with E-state index in [0.717, 1.165) is 23.3 Å². The lowest BCUT2D eigenvalue weighted by Gasteiger charge is -2.17. The molecule has 0 saturated heterocycles. The number of anilines is 1. The quantitative estimate of drug-likeness (QED) is 0.942. The molecule has 0 bridgehead atoms. The molecule has 2 aromatic rings. The van der Waals surface area contributed by atoms with E-state index in [-0.39, 0.29) is 0 Å². The fraction of sp³-hybridized carbons (Fsp3) is 0.231. The summed E-state index contributed by atoms with van der Waals surface area (Å²) in [5.41, 5.74) is 7.74. The van der Waals surface area contributed by atoms with Gasteiger partial charge in [-0.3, -0.25) is 4.90 Å². The molecule has 0 radical (unpaired) electrons. The number of aromatic nitrogens is 2. The SMILES string of the molecule is CN(Cc1ccnc(N)n1)Cc1ccccc1Br. The first-order valence-electron chi connectivity index (χ1n) is 5.64. The molecule has 1 aromatic carbocycles. The van der Waals surface area contributed by atoms with Crippen molar-refractivity contribution in [3.63, 3.8) is 0 Å². The van der Waals surface area contributed by atoms with E-state index in [4.69, 9.17) is 5.73 Å². The van der Waals surface area contributed by atoms with Crippen molar-refractivity contribution in [2.24, 2.45) is 0 Å². The number of halogens is 1. The van der Waals surface area contributed by atoms with E-state index in [0.29, 0.717) is 5.95 Å². The Morgan fingerprint density at radius 2 is 2.00 bits per heavy atom. The Hall–Kier alpha value is -1.46. The van der Waals surface area contributed by atoms with Crippen molar-refractivity contribution in [1.29, 1.82) is 0 Å². The van der Waals surface area contributed by atoms with Crippen molar-refractivity contribution < 1.29 is 0 Å². The van der Waals surface area contributed by atoms with Gasteiger partial charge >= 0.3 is 0 Å². The number of nitrogens with two attached hydrogens (primary N) is 1. The minimum atomic E-state index is 0.321. The summed E-state index contributed by atoms with van der Waals surface area (Å²) < 4.78 is 1.12. The van der Waals surface area contributed by atoms with Crippen molar-refractivity contribution >= 4 is 21.9 Å². The molecule has 1 aromatic heterocycles. The highest BCUT2D eigenvalue weighted by Crippen LogP contribution is 2.17. The predicted molar refractivity (Wildman–Crippen MR) is 75.8 cm³/mol. The van der Waals surface area contributed by atoms with Gasteiger partial charge in [-0.25, -0.2) is 9.97 Å². The van der Waals surface area contributed by atoms with Crippen LogP contribution in [0, 0.1) is 0 Å². The van der Waals surface area contributed by atoms with Crippen molar-refractivity contribution in [2.45, 2.75) is 13.1 Å². The number of rotatable bonds is 4. The molecule has 1 heterocycles. The van der Waals surface area contributed by atoms with E-state index < -0.39 is 0 Å². The topological polar surface area (TPSA) is 55.0 Å². The summed E-state index contributed by atoms with van der Waals surface area (Å²) >= 11 is 3.55. The van der Waals surface area contributed by atoms with Crippen LogP contribution in [0.2, 0.25) is 0 Å². The van der Waals surface area contributed by atoms with Gasteiger partial charge in [0, 0.05) is 23.8 Å². The molecule has 0 unspecified atom stereocenters. The van der Waals surface area contributed by atoms with Crippen LogP contribution in [0.25, 0.3) is 0 Å². The maximum atomic E-state index is 5.56. The summed E-state index contributed by atoms with van der Waals surface area (Å²) in [6, 6.07) is 10.1. The molecule has 5 heteroatoms. The molecule has 18 heavy (non-hydrogen) atoms. The van der Waals surface area contributed by atoms with Gasteiger partial charge in [0.15, 0.2) is 0 Å². The largest absolute Gasteiger partial charge is 0.368 e. The minimum absolute atomic E-state index is 0.321. The zero-order chi connectivity index (χ0) is 13.0. The minimum Gasteiger partial charge on any atom is -0.368 e. The Labute approximate surface area is 115 Å². The van der Waals surface area contributed by atoms with Gasteiger partial charge in [0.05, 0.1) is 5.69 Å². The fourth-order valence-electron chi connectivity index (χ4n) is 1.75. The van der Waals surface area contributed by atoms with Gasteiger partial charge in [0.1, 0.15) is 0 Å². The lowest BCUT2D eigenvalue weighted by Crippen LogP contribution is -2.18. The molecular weight excluding hydrogens is 292 g/mol. The zero-order valence-electron chi connectivity index (χ0n) is 10.2. The van der Waals surface area contributed by atoms with Gasteiger partial charge in [0.25, 0.3) is 0 Å². The van der Waals surface area contributed by atoms with Gasteiger partial charge in [0.2, 0.25) is 5.95 Å². The van der Waals surface area contributed by atoms with Crippen LogP contribution in [-0.2, 0) is 13.1 Å². The van der Waals surface area contributed by atoms with Gasteiger partial charge in [-0.15, -0.1) is 0 Å². The summed E-state index contributed by atoms with van der Waals surface area (Å²) in [6.45, 7) is 1.60. The molecule has 0 aliphatic heterocycles. The highest BCUT2D eigenvalue weighted by Gasteiger charge is 2.05. The highest BCUT2D eigenvalue weighted by molar-refractivity contribution is 9.10. The molecule has 2 rings (SSSR count). The second-order valence-corrected chi connectivity index (χ2v) is 5.02. The van der Waals surface area contributed by atoms with Gasteiger partial charge < -0.3 is 5.73 Å². The van der Waals surface area contributed by atoms with Crippen LogP contribution in [0.1, 0.15) is 11.3 Å². The molecule has 0 spiro atoms. The summed E-state index contributed by atoms with van der Waals surface area (Å²) in [4.78, 5) is 10.3. The van der Waals surface area contributed by atoms with Crippen LogP contribution >= 0.6 is 15.9 Å². The van der Waals surface area contributed by atoms with Crippen molar-refractivity contribution in [3.05, 3.63) is 52.3 Å². The third-order valence-electron chi connectivity index (χ3n) is 2.56. The Bertz CT molecular complexity index is 530. The molecule has 0 saturated carbocycles.